The van der Waals surface area contributed by atoms with Crippen molar-refractivity contribution in [2.75, 3.05) is 25.2 Å². The summed E-state index contributed by atoms with van der Waals surface area (Å²) in [6.45, 7) is 4.23. The maximum Gasteiger partial charge on any atom is 0.297 e. The number of fused-ring (bicyclic) bond motifs is 1. The van der Waals surface area contributed by atoms with Gasteiger partial charge < -0.3 is 19.6 Å². The van der Waals surface area contributed by atoms with Gasteiger partial charge in [0.25, 0.3) is 7.52 Å². The first-order valence-electron chi connectivity index (χ1n) is 9.61. The van der Waals surface area contributed by atoms with Crippen molar-refractivity contribution < 1.29 is 13.8 Å². The lowest BCUT2D eigenvalue weighted by molar-refractivity contribution is 0.0685. The first-order valence-corrected chi connectivity index (χ1v) is 11.4. The molecule has 0 radical (unpaired) electrons. The normalized spacial score (nSPS) is 21.4. The highest BCUT2D eigenvalue weighted by Crippen LogP contribution is 2.54. The van der Waals surface area contributed by atoms with Gasteiger partial charge in [-0.25, -0.2) is 19.6 Å². The zero-order chi connectivity index (χ0) is 20.3. The van der Waals surface area contributed by atoms with E-state index in [0.29, 0.717) is 36.7 Å². The number of imidazole rings is 1. The first kappa shape index (κ1) is 20.0. The Labute approximate surface area is 169 Å². The maximum absolute atomic E-state index is 13.5. The van der Waals surface area contributed by atoms with Crippen LogP contribution in [-0.2, 0) is 26.9 Å². The Morgan fingerprint density at radius 1 is 1.28 bits per heavy atom. The van der Waals surface area contributed by atoms with Crippen molar-refractivity contribution in [1.82, 2.24) is 24.2 Å². The van der Waals surface area contributed by atoms with Crippen LogP contribution < -0.4 is 5.73 Å². The summed E-state index contributed by atoms with van der Waals surface area (Å²) in [6, 6.07) is 9.99. The van der Waals surface area contributed by atoms with E-state index in [4.69, 9.17) is 15.0 Å². The number of nitrogen functional groups attached to an aromatic ring is 1. The summed E-state index contributed by atoms with van der Waals surface area (Å²) in [4.78, 5) is 12.5. The predicted molar refractivity (Wildman–Crippen MR) is 110 cm³/mol. The average Bonchev–Trinajstić information content (AvgIpc) is 3.13. The van der Waals surface area contributed by atoms with E-state index in [0.717, 1.165) is 18.5 Å². The second-order valence-corrected chi connectivity index (χ2v) is 9.49. The minimum Gasteiger partial charge on any atom is -0.382 e. The smallest absolute Gasteiger partial charge is 0.297 e. The van der Waals surface area contributed by atoms with Crippen LogP contribution in [0.4, 0.5) is 5.82 Å². The van der Waals surface area contributed by atoms with Crippen LogP contribution in [0, 0.1) is 0 Å². The molecule has 154 valence electrons. The molecule has 10 heteroatoms. The van der Waals surface area contributed by atoms with Crippen molar-refractivity contribution in [3.63, 3.8) is 0 Å². The molecule has 0 aliphatic carbocycles. The highest BCUT2D eigenvalue weighted by Gasteiger charge is 2.35. The van der Waals surface area contributed by atoms with Crippen LogP contribution in [0.5, 0.6) is 0 Å². The quantitative estimate of drug-likeness (QED) is 0.586. The molecule has 4 rings (SSSR count). The second-order valence-electron chi connectivity index (χ2n) is 7.13. The van der Waals surface area contributed by atoms with Crippen molar-refractivity contribution in [2.45, 2.75) is 32.5 Å². The van der Waals surface area contributed by atoms with Crippen LogP contribution in [0.2, 0.25) is 0 Å². The number of benzene rings is 1. The number of hydrogen-bond acceptors (Lipinski definition) is 7. The van der Waals surface area contributed by atoms with Gasteiger partial charge in [-0.3, -0.25) is 4.57 Å². The summed E-state index contributed by atoms with van der Waals surface area (Å²) in [6.07, 6.45) is 3.77. The summed E-state index contributed by atoms with van der Waals surface area (Å²) >= 11 is 0. The molecule has 1 unspecified atom stereocenters. The SMILES string of the molecule is C[C@H](Cn1cnc2c(N)ncnc21)OCP1(=O)OCCCN1Cc1ccccc1. The molecule has 3 heterocycles. The van der Waals surface area contributed by atoms with Crippen LogP contribution in [-0.4, -0.2) is 49.8 Å². The summed E-state index contributed by atoms with van der Waals surface area (Å²) in [5, 5.41) is 0. The van der Waals surface area contributed by atoms with Crippen molar-refractivity contribution >= 4 is 24.5 Å². The predicted octanol–water partition coefficient (Wildman–Crippen LogP) is 2.89. The molecule has 2 N–H and O–H groups in total. The van der Waals surface area contributed by atoms with Crippen molar-refractivity contribution in [3.8, 4) is 0 Å². The van der Waals surface area contributed by atoms with Gasteiger partial charge in [0, 0.05) is 13.1 Å². The van der Waals surface area contributed by atoms with Crippen LogP contribution in [0.1, 0.15) is 18.9 Å². The Kier molecular flexibility index (Phi) is 5.91. The molecular formula is C19H25N6O3P. The molecule has 0 amide bonds. The van der Waals surface area contributed by atoms with Crippen LogP contribution in [0.25, 0.3) is 11.2 Å². The van der Waals surface area contributed by atoms with E-state index in [1.807, 2.05) is 46.5 Å². The third kappa shape index (κ3) is 4.48. The third-order valence-corrected chi connectivity index (χ3v) is 7.16. The Hall–Kier alpha value is -2.32. The fourth-order valence-corrected chi connectivity index (χ4v) is 5.45. The number of hydrogen-bond donors (Lipinski definition) is 1. The Bertz CT molecular complexity index is 1010. The Morgan fingerprint density at radius 3 is 2.93 bits per heavy atom. The molecule has 29 heavy (non-hydrogen) atoms. The topological polar surface area (TPSA) is 108 Å². The highest BCUT2D eigenvalue weighted by atomic mass is 31.2. The monoisotopic (exact) mass is 416 g/mol. The minimum atomic E-state index is -3.05. The van der Waals surface area contributed by atoms with E-state index in [-0.39, 0.29) is 12.5 Å². The van der Waals surface area contributed by atoms with E-state index in [1.165, 1.54) is 6.33 Å². The first-order chi connectivity index (χ1) is 14.0. The van der Waals surface area contributed by atoms with E-state index in [9.17, 15) is 4.57 Å². The average molecular weight is 416 g/mol. The fraction of sp³-hybridized carbons (Fsp3) is 0.421. The van der Waals surface area contributed by atoms with Gasteiger partial charge in [0.15, 0.2) is 11.5 Å². The minimum absolute atomic E-state index is 0.0464. The lowest BCUT2D eigenvalue weighted by atomic mass is 10.2. The summed E-state index contributed by atoms with van der Waals surface area (Å²) in [5.74, 6) is 0.346. The van der Waals surface area contributed by atoms with Gasteiger partial charge in [0.2, 0.25) is 0 Å². The Morgan fingerprint density at radius 2 is 2.10 bits per heavy atom. The molecule has 1 aliphatic rings. The number of nitrogens with zero attached hydrogens (tertiary/aromatic N) is 5. The zero-order valence-corrected chi connectivity index (χ0v) is 17.2. The molecule has 9 nitrogen and oxygen atoms in total. The van der Waals surface area contributed by atoms with Crippen LogP contribution >= 0.6 is 7.52 Å². The summed E-state index contributed by atoms with van der Waals surface area (Å²) in [7, 11) is -3.05. The molecule has 1 saturated heterocycles. The number of nitrogens with two attached hydrogens (primary N) is 1. The molecule has 1 fully saturated rings. The van der Waals surface area contributed by atoms with Gasteiger partial charge in [-0.2, -0.15) is 0 Å². The van der Waals surface area contributed by atoms with Crippen molar-refractivity contribution in [2.24, 2.45) is 0 Å². The summed E-state index contributed by atoms with van der Waals surface area (Å²) in [5.41, 5.74) is 8.16. The largest absolute Gasteiger partial charge is 0.382 e. The van der Waals surface area contributed by atoms with Gasteiger partial charge in [0.05, 0.1) is 25.6 Å². The lowest BCUT2D eigenvalue weighted by Gasteiger charge is -2.35. The molecule has 2 atom stereocenters. The molecule has 0 saturated carbocycles. The van der Waals surface area contributed by atoms with E-state index in [1.54, 1.807) is 6.33 Å². The highest BCUT2D eigenvalue weighted by molar-refractivity contribution is 7.56. The van der Waals surface area contributed by atoms with Crippen LogP contribution in [0.3, 0.4) is 0 Å². The number of anilines is 1. The van der Waals surface area contributed by atoms with E-state index in [2.05, 4.69) is 15.0 Å². The second kappa shape index (κ2) is 8.59. The van der Waals surface area contributed by atoms with Gasteiger partial charge in [-0.05, 0) is 18.9 Å². The van der Waals surface area contributed by atoms with E-state index < -0.39 is 7.52 Å². The molecule has 0 spiro atoms. The van der Waals surface area contributed by atoms with Crippen molar-refractivity contribution in [3.05, 3.63) is 48.5 Å². The lowest BCUT2D eigenvalue weighted by Crippen LogP contribution is -2.31. The van der Waals surface area contributed by atoms with Gasteiger partial charge >= 0.3 is 0 Å². The molecule has 2 aromatic heterocycles. The van der Waals surface area contributed by atoms with Gasteiger partial charge in [0.1, 0.15) is 18.2 Å². The maximum atomic E-state index is 13.5. The summed E-state index contributed by atoms with van der Waals surface area (Å²) < 4.78 is 28.9. The van der Waals surface area contributed by atoms with Crippen LogP contribution in [0.15, 0.2) is 43.0 Å². The molecule has 3 aromatic rings. The third-order valence-electron chi connectivity index (χ3n) is 4.90. The number of rotatable bonds is 7. The number of aromatic nitrogens is 4. The molecular weight excluding hydrogens is 391 g/mol. The Balaban J connectivity index is 1.40. The van der Waals surface area contributed by atoms with Gasteiger partial charge in [-0.1, -0.05) is 30.3 Å². The molecule has 0 bridgehead atoms. The standard InChI is InChI=1S/C19H25N6O3P/c1-15(10-24-13-23-17-18(20)21-12-22-19(17)24)27-14-29(26)25(8-5-9-28-29)11-16-6-3-2-4-7-16/h2-4,6-7,12-13,15H,5,8-11,14H2,1H3,(H2,20,21,22)/t15-,29?/m1/s1. The molecule has 1 aliphatic heterocycles. The van der Waals surface area contributed by atoms with E-state index >= 15 is 0 Å². The molecule has 1 aromatic carbocycles. The van der Waals surface area contributed by atoms with Gasteiger partial charge in [-0.15, -0.1) is 0 Å². The number of ether oxygens (including phenoxy) is 1. The zero-order valence-electron chi connectivity index (χ0n) is 16.3. The fourth-order valence-electron chi connectivity index (χ4n) is 3.37. The van der Waals surface area contributed by atoms with Crippen molar-refractivity contribution in [1.29, 1.82) is 0 Å².